The van der Waals surface area contributed by atoms with Crippen molar-refractivity contribution in [2.45, 2.75) is 6.92 Å². The van der Waals surface area contributed by atoms with E-state index in [-0.39, 0.29) is 32.7 Å². The zero-order valence-electron chi connectivity index (χ0n) is 5.49. The van der Waals surface area contributed by atoms with Crippen LogP contribution >= 0.6 is 23.2 Å². The van der Waals surface area contributed by atoms with Crippen LogP contribution in [0.1, 0.15) is 5.56 Å². The van der Waals surface area contributed by atoms with E-state index in [1.54, 1.807) is 12.1 Å². The fraction of sp³-hybridized carbons (Fsp3) is 0.143. The minimum absolute atomic E-state index is 0. The van der Waals surface area contributed by atoms with E-state index in [1.807, 2.05) is 6.92 Å². The zero-order chi connectivity index (χ0) is 6.85. The Morgan fingerprint density at radius 2 is 2.00 bits per heavy atom. The third-order valence-electron chi connectivity index (χ3n) is 1.06. The van der Waals surface area contributed by atoms with Gasteiger partial charge in [0.25, 0.3) is 0 Å². The molecule has 0 fully saturated rings. The van der Waals surface area contributed by atoms with Crippen molar-refractivity contribution in [1.82, 2.24) is 0 Å². The van der Waals surface area contributed by atoms with E-state index in [0.717, 1.165) is 5.56 Å². The Kier molecular flexibility index (Phi) is 5.14. The Morgan fingerprint density at radius 1 is 1.40 bits per heavy atom. The number of hydrogen-bond donors (Lipinski definition) is 0. The van der Waals surface area contributed by atoms with Gasteiger partial charge < -0.3 is 0 Å². The Labute approximate surface area is 95.8 Å². The maximum Gasteiger partial charge on any atom is 0 e. The smallest absolute Gasteiger partial charge is 0 e. The van der Waals surface area contributed by atoms with Crippen molar-refractivity contribution in [3.8, 4) is 0 Å². The van der Waals surface area contributed by atoms with Crippen LogP contribution < -0.4 is 0 Å². The second-order valence-corrected chi connectivity index (χ2v) is 2.63. The van der Waals surface area contributed by atoms with E-state index in [2.05, 4.69) is 6.07 Å². The van der Waals surface area contributed by atoms with Gasteiger partial charge in [0, 0.05) is 32.7 Å². The maximum absolute atomic E-state index is 5.69. The maximum atomic E-state index is 5.69. The summed E-state index contributed by atoms with van der Waals surface area (Å²) in [5.74, 6) is 0. The summed E-state index contributed by atoms with van der Waals surface area (Å²) in [5.41, 5.74) is 0.986. The second kappa shape index (κ2) is 4.72. The summed E-state index contributed by atoms with van der Waals surface area (Å²) >= 11 is 11.3. The molecule has 0 nitrogen and oxygen atoms in total. The molecule has 0 aliphatic carbocycles. The van der Waals surface area contributed by atoms with Crippen LogP contribution in [0.3, 0.4) is 0 Å². The van der Waals surface area contributed by atoms with Gasteiger partial charge >= 0.3 is 0 Å². The van der Waals surface area contributed by atoms with E-state index in [4.69, 9.17) is 23.2 Å². The van der Waals surface area contributed by atoms with Crippen molar-refractivity contribution in [1.29, 1.82) is 0 Å². The first kappa shape index (κ1) is 10.9. The Morgan fingerprint density at radius 3 is 2.40 bits per heavy atom. The van der Waals surface area contributed by atoms with Gasteiger partial charge in [-0.25, -0.2) is 0 Å². The van der Waals surface area contributed by atoms with Crippen LogP contribution in [0, 0.1) is 13.0 Å². The minimum Gasteiger partial charge on any atom is -0.167 e. The van der Waals surface area contributed by atoms with Gasteiger partial charge in [-0.2, -0.15) is 23.7 Å². The molecular weight excluding hydrogens is 244 g/mol. The van der Waals surface area contributed by atoms with E-state index >= 15 is 0 Å². The minimum atomic E-state index is 0. The average Bonchev–Trinajstić information content (AvgIpc) is 1.80. The third kappa shape index (κ3) is 2.88. The van der Waals surface area contributed by atoms with Gasteiger partial charge in [-0.05, 0) is 0 Å². The Hall–Kier alpha value is 0.904. The molecule has 0 spiro atoms. The van der Waals surface area contributed by atoms with Crippen LogP contribution in [0.2, 0.25) is 10.0 Å². The molecule has 0 aromatic heterocycles. The molecule has 1 rings (SSSR count). The zero-order valence-corrected chi connectivity index (χ0v) is 9.84. The number of hydrogen-bond acceptors (Lipinski definition) is 0. The summed E-state index contributed by atoms with van der Waals surface area (Å²) in [6.45, 7) is 1.90. The van der Waals surface area contributed by atoms with Crippen LogP contribution in [-0.2, 0) is 32.7 Å². The third-order valence-corrected chi connectivity index (χ3v) is 1.68. The first-order chi connectivity index (χ1) is 4.20. The molecule has 0 amide bonds. The molecular formula is C7H5Cl2Y-. The number of halogens is 2. The van der Waals surface area contributed by atoms with Gasteiger partial charge in [0.2, 0.25) is 0 Å². The molecule has 0 atom stereocenters. The van der Waals surface area contributed by atoms with Crippen molar-refractivity contribution in [2.75, 3.05) is 0 Å². The predicted octanol–water partition coefficient (Wildman–Crippen LogP) is 3.10. The van der Waals surface area contributed by atoms with Gasteiger partial charge in [-0.3, -0.25) is 0 Å². The fourth-order valence-corrected chi connectivity index (χ4v) is 0.874. The number of aryl methyl sites for hydroxylation is 1. The molecule has 3 heteroatoms. The number of benzene rings is 1. The first-order valence-electron chi connectivity index (χ1n) is 2.53. The molecule has 0 aliphatic heterocycles. The van der Waals surface area contributed by atoms with Crippen LogP contribution in [-0.4, -0.2) is 0 Å². The molecule has 1 aromatic rings. The molecule has 10 heavy (non-hydrogen) atoms. The van der Waals surface area contributed by atoms with Crippen molar-refractivity contribution in [3.63, 3.8) is 0 Å². The van der Waals surface area contributed by atoms with Crippen molar-refractivity contribution >= 4 is 23.2 Å². The standard InChI is InChI=1S/C7H5Cl2.Y/c1-5-4-6(8)2-3-7(5)9;/h3-4H,1H3;/q-1;. The van der Waals surface area contributed by atoms with Crippen LogP contribution in [0.15, 0.2) is 12.1 Å². The normalized spacial score (nSPS) is 8.70. The summed E-state index contributed by atoms with van der Waals surface area (Å²) in [6.07, 6.45) is 0. The van der Waals surface area contributed by atoms with Gasteiger partial charge in [0.1, 0.15) is 0 Å². The van der Waals surface area contributed by atoms with E-state index in [0.29, 0.717) is 10.0 Å². The summed E-state index contributed by atoms with van der Waals surface area (Å²) in [5, 5.41) is 1.32. The first-order valence-corrected chi connectivity index (χ1v) is 3.29. The molecule has 1 radical (unpaired) electrons. The predicted molar refractivity (Wildman–Crippen MR) is 40.0 cm³/mol. The largest absolute Gasteiger partial charge is 0.167 e. The molecule has 0 N–H and O–H groups in total. The molecule has 1 aromatic carbocycles. The SMILES string of the molecule is Cc1cc(Cl)[c-]cc1Cl.[Y]. The second-order valence-electron chi connectivity index (χ2n) is 1.81. The molecule has 0 aliphatic rings. The number of rotatable bonds is 0. The van der Waals surface area contributed by atoms with Crippen LogP contribution in [0.4, 0.5) is 0 Å². The quantitative estimate of drug-likeness (QED) is 0.619. The molecule has 51 valence electrons. The van der Waals surface area contributed by atoms with E-state index in [9.17, 15) is 0 Å². The van der Waals surface area contributed by atoms with Crippen LogP contribution in [0.5, 0.6) is 0 Å². The molecule has 0 bridgehead atoms. The molecule has 0 saturated carbocycles. The Balaban J connectivity index is 0.000000810. The topological polar surface area (TPSA) is 0 Å². The molecule has 0 heterocycles. The fourth-order valence-electron chi connectivity index (χ4n) is 0.547. The van der Waals surface area contributed by atoms with E-state index < -0.39 is 0 Å². The van der Waals surface area contributed by atoms with Gasteiger partial charge in [-0.1, -0.05) is 17.0 Å². The van der Waals surface area contributed by atoms with Crippen LogP contribution in [0.25, 0.3) is 0 Å². The van der Waals surface area contributed by atoms with Gasteiger partial charge in [0.05, 0.1) is 0 Å². The van der Waals surface area contributed by atoms with Crippen molar-refractivity contribution in [3.05, 3.63) is 33.8 Å². The molecule has 0 saturated heterocycles. The van der Waals surface area contributed by atoms with Crippen molar-refractivity contribution in [2.24, 2.45) is 0 Å². The monoisotopic (exact) mass is 248 g/mol. The summed E-state index contributed by atoms with van der Waals surface area (Å²) in [6, 6.07) is 6.22. The van der Waals surface area contributed by atoms with Gasteiger partial charge in [-0.15, -0.1) is 23.2 Å². The summed E-state index contributed by atoms with van der Waals surface area (Å²) in [7, 11) is 0. The summed E-state index contributed by atoms with van der Waals surface area (Å²) in [4.78, 5) is 0. The van der Waals surface area contributed by atoms with Gasteiger partial charge in [0.15, 0.2) is 0 Å². The molecule has 0 unspecified atom stereocenters. The van der Waals surface area contributed by atoms with E-state index in [1.165, 1.54) is 0 Å². The Bertz CT molecular complexity index is 223. The van der Waals surface area contributed by atoms with Crippen molar-refractivity contribution < 1.29 is 32.7 Å². The average molecular weight is 249 g/mol. The summed E-state index contributed by atoms with van der Waals surface area (Å²) < 4.78 is 0.